The Morgan fingerprint density at radius 1 is 1.29 bits per heavy atom. The van der Waals surface area contributed by atoms with Gasteiger partial charge in [-0.3, -0.25) is 0 Å². The normalized spacial score (nSPS) is 10.1. The van der Waals surface area contributed by atoms with Crippen LogP contribution in [0.2, 0.25) is 0 Å². The molecule has 0 radical (unpaired) electrons. The molecule has 0 fully saturated rings. The van der Waals surface area contributed by atoms with Crippen LogP contribution in [0.4, 0.5) is 5.82 Å². The summed E-state index contributed by atoms with van der Waals surface area (Å²) in [6, 6.07) is 2.01. The fourth-order valence-corrected chi connectivity index (χ4v) is 1.20. The minimum atomic E-state index is 0.888. The molecule has 0 aliphatic rings. The molecule has 0 bridgehead atoms. The number of hydrogen-bond acceptors (Lipinski definition) is 4. The summed E-state index contributed by atoms with van der Waals surface area (Å²) < 4.78 is 0. The van der Waals surface area contributed by atoms with Gasteiger partial charge in [0.2, 0.25) is 0 Å². The van der Waals surface area contributed by atoms with E-state index >= 15 is 0 Å². The molecule has 1 heterocycles. The molecule has 78 valence electrons. The lowest BCUT2D eigenvalue weighted by molar-refractivity contribution is 0.818. The Kier molecular flexibility index (Phi) is 4.93. The first-order valence-corrected chi connectivity index (χ1v) is 5.06. The molecule has 1 aromatic heterocycles. The third kappa shape index (κ3) is 3.70. The molecule has 0 saturated carbocycles. The molecule has 0 aliphatic heterocycles. The lowest BCUT2D eigenvalue weighted by Gasteiger charge is -2.05. The molecule has 0 aromatic carbocycles. The van der Waals surface area contributed by atoms with Gasteiger partial charge in [0.15, 0.2) is 0 Å². The summed E-state index contributed by atoms with van der Waals surface area (Å²) in [7, 11) is 1.93. The fourth-order valence-electron chi connectivity index (χ4n) is 1.20. The van der Waals surface area contributed by atoms with E-state index in [0.29, 0.717) is 0 Å². The maximum absolute atomic E-state index is 4.19. The molecule has 14 heavy (non-hydrogen) atoms. The first kappa shape index (κ1) is 10.9. The molecule has 0 amide bonds. The first-order valence-electron chi connectivity index (χ1n) is 5.06. The predicted molar refractivity (Wildman–Crippen MR) is 58.4 cm³/mol. The van der Waals surface area contributed by atoms with Gasteiger partial charge in [0.1, 0.15) is 12.1 Å². The van der Waals surface area contributed by atoms with Gasteiger partial charge in [-0.2, -0.15) is 0 Å². The van der Waals surface area contributed by atoms with Crippen molar-refractivity contribution in [3.8, 4) is 0 Å². The second-order valence-corrected chi connectivity index (χ2v) is 3.17. The van der Waals surface area contributed by atoms with Gasteiger partial charge in [-0.1, -0.05) is 13.3 Å². The minimum Gasteiger partial charge on any atom is -0.369 e. The maximum atomic E-state index is 4.19. The molecule has 1 aromatic rings. The highest BCUT2D eigenvalue weighted by molar-refractivity contribution is 5.34. The molecule has 2 N–H and O–H groups in total. The quantitative estimate of drug-likeness (QED) is 0.665. The van der Waals surface area contributed by atoms with Gasteiger partial charge in [0.25, 0.3) is 0 Å². The van der Waals surface area contributed by atoms with Crippen molar-refractivity contribution in [1.82, 2.24) is 15.3 Å². The zero-order valence-electron chi connectivity index (χ0n) is 8.88. The Hall–Kier alpha value is -1.16. The van der Waals surface area contributed by atoms with E-state index in [0.717, 1.165) is 37.4 Å². The molecule has 0 aliphatic carbocycles. The number of likely N-dealkylation sites (N-methyl/N-ethyl adjacent to an activating group) is 1. The largest absolute Gasteiger partial charge is 0.369 e. The van der Waals surface area contributed by atoms with Crippen LogP contribution in [-0.4, -0.2) is 30.1 Å². The zero-order chi connectivity index (χ0) is 10.2. The van der Waals surface area contributed by atoms with Crippen molar-refractivity contribution in [3.05, 3.63) is 18.1 Å². The number of anilines is 1. The number of aryl methyl sites for hydroxylation is 1. The van der Waals surface area contributed by atoms with Crippen molar-refractivity contribution in [1.29, 1.82) is 0 Å². The second-order valence-electron chi connectivity index (χ2n) is 3.17. The van der Waals surface area contributed by atoms with Crippen molar-refractivity contribution < 1.29 is 0 Å². The van der Waals surface area contributed by atoms with E-state index in [4.69, 9.17) is 0 Å². The van der Waals surface area contributed by atoms with Crippen molar-refractivity contribution in [3.63, 3.8) is 0 Å². The number of nitrogens with zero attached hydrogens (tertiary/aromatic N) is 2. The Morgan fingerprint density at radius 3 is 2.86 bits per heavy atom. The smallest absolute Gasteiger partial charge is 0.129 e. The zero-order valence-corrected chi connectivity index (χ0v) is 8.88. The summed E-state index contributed by atoms with van der Waals surface area (Å²) in [5.41, 5.74) is 1.11. The van der Waals surface area contributed by atoms with Crippen LogP contribution in [0.3, 0.4) is 0 Å². The summed E-state index contributed by atoms with van der Waals surface area (Å²) in [4.78, 5) is 8.33. The minimum absolute atomic E-state index is 0.888. The van der Waals surface area contributed by atoms with Gasteiger partial charge in [0, 0.05) is 24.8 Å². The van der Waals surface area contributed by atoms with E-state index in [1.165, 1.54) is 0 Å². The molecule has 0 saturated heterocycles. The van der Waals surface area contributed by atoms with Gasteiger partial charge in [-0.15, -0.1) is 0 Å². The van der Waals surface area contributed by atoms with E-state index < -0.39 is 0 Å². The number of hydrogen-bond donors (Lipinski definition) is 2. The van der Waals surface area contributed by atoms with Crippen LogP contribution in [0, 0.1) is 0 Å². The van der Waals surface area contributed by atoms with Crippen LogP contribution < -0.4 is 10.6 Å². The van der Waals surface area contributed by atoms with Gasteiger partial charge in [-0.05, 0) is 13.5 Å². The second kappa shape index (κ2) is 6.32. The van der Waals surface area contributed by atoms with E-state index in [9.17, 15) is 0 Å². The number of rotatable bonds is 6. The van der Waals surface area contributed by atoms with Crippen LogP contribution in [-0.2, 0) is 6.42 Å². The van der Waals surface area contributed by atoms with Crippen LogP contribution in [0.15, 0.2) is 12.4 Å². The average molecular weight is 194 g/mol. The Bertz CT molecular complexity index is 262. The van der Waals surface area contributed by atoms with Gasteiger partial charge < -0.3 is 10.6 Å². The molecule has 0 unspecified atom stereocenters. The van der Waals surface area contributed by atoms with Gasteiger partial charge in [0.05, 0.1) is 0 Å². The van der Waals surface area contributed by atoms with Crippen molar-refractivity contribution in [2.24, 2.45) is 0 Å². The highest BCUT2D eigenvalue weighted by Gasteiger charge is 1.96. The van der Waals surface area contributed by atoms with Crippen molar-refractivity contribution >= 4 is 5.82 Å². The lowest BCUT2D eigenvalue weighted by atomic mass is 10.2. The summed E-state index contributed by atoms with van der Waals surface area (Å²) in [5, 5.41) is 6.30. The molecular weight excluding hydrogens is 176 g/mol. The first-order chi connectivity index (χ1) is 6.86. The Balaban J connectivity index is 2.46. The van der Waals surface area contributed by atoms with E-state index in [1.807, 2.05) is 13.1 Å². The topological polar surface area (TPSA) is 49.8 Å². The molecule has 0 atom stereocenters. The molecule has 1 rings (SSSR count). The molecule has 4 nitrogen and oxygen atoms in total. The monoisotopic (exact) mass is 194 g/mol. The molecule has 0 spiro atoms. The molecule has 4 heteroatoms. The average Bonchev–Trinajstić information content (AvgIpc) is 2.19. The Labute approximate surface area is 85.2 Å². The standard InChI is InChI=1S/C10H18N4/c1-3-4-9-7-10(14-8-13-9)12-6-5-11-2/h7-8,11H,3-6H2,1-2H3,(H,12,13,14). The highest BCUT2D eigenvalue weighted by Crippen LogP contribution is 2.04. The third-order valence-electron chi connectivity index (χ3n) is 1.91. The van der Waals surface area contributed by atoms with E-state index in [1.54, 1.807) is 6.33 Å². The predicted octanol–water partition coefficient (Wildman–Crippen LogP) is 1.06. The van der Waals surface area contributed by atoms with Gasteiger partial charge >= 0.3 is 0 Å². The van der Waals surface area contributed by atoms with E-state index in [2.05, 4.69) is 27.5 Å². The number of nitrogens with one attached hydrogen (secondary N) is 2. The summed E-state index contributed by atoms with van der Waals surface area (Å²) in [5.74, 6) is 0.915. The van der Waals surface area contributed by atoms with Crippen LogP contribution in [0.1, 0.15) is 19.0 Å². The fraction of sp³-hybridized carbons (Fsp3) is 0.600. The summed E-state index contributed by atoms with van der Waals surface area (Å²) in [6.07, 6.45) is 3.75. The van der Waals surface area contributed by atoms with Crippen LogP contribution in [0.5, 0.6) is 0 Å². The summed E-state index contributed by atoms with van der Waals surface area (Å²) >= 11 is 0. The van der Waals surface area contributed by atoms with Crippen LogP contribution in [0.25, 0.3) is 0 Å². The lowest BCUT2D eigenvalue weighted by Crippen LogP contribution is -2.18. The highest BCUT2D eigenvalue weighted by atomic mass is 15.0. The van der Waals surface area contributed by atoms with Crippen LogP contribution >= 0.6 is 0 Å². The summed E-state index contributed by atoms with van der Waals surface area (Å²) in [6.45, 7) is 3.97. The third-order valence-corrected chi connectivity index (χ3v) is 1.91. The van der Waals surface area contributed by atoms with E-state index in [-0.39, 0.29) is 0 Å². The molecular formula is C10H18N4. The maximum Gasteiger partial charge on any atom is 0.129 e. The number of aromatic nitrogens is 2. The SMILES string of the molecule is CCCc1cc(NCCNC)ncn1. The van der Waals surface area contributed by atoms with Crippen molar-refractivity contribution in [2.75, 3.05) is 25.5 Å². The van der Waals surface area contributed by atoms with Crippen molar-refractivity contribution in [2.45, 2.75) is 19.8 Å². The van der Waals surface area contributed by atoms with Gasteiger partial charge in [-0.25, -0.2) is 9.97 Å². The Morgan fingerprint density at radius 2 is 2.14 bits per heavy atom.